The zero-order chi connectivity index (χ0) is 11.5. The standard InChI is InChI=1S/C12H12ClNOS/c1-8-2-3-9(10(13)6-8)11(15)7-12-14-4-5-16-12/h2-6,11,15H,7H2,1H3. The van der Waals surface area contributed by atoms with E-state index in [-0.39, 0.29) is 0 Å². The summed E-state index contributed by atoms with van der Waals surface area (Å²) in [7, 11) is 0. The average molecular weight is 254 g/mol. The summed E-state index contributed by atoms with van der Waals surface area (Å²) in [5.41, 5.74) is 1.86. The van der Waals surface area contributed by atoms with Crippen molar-refractivity contribution in [3.05, 3.63) is 50.9 Å². The molecule has 1 heterocycles. The molecule has 0 fully saturated rings. The minimum Gasteiger partial charge on any atom is -0.388 e. The Balaban J connectivity index is 2.17. The van der Waals surface area contributed by atoms with Gasteiger partial charge in [0.2, 0.25) is 0 Å². The van der Waals surface area contributed by atoms with Crippen LogP contribution in [0, 0.1) is 6.92 Å². The third-order valence-corrected chi connectivity index (χ3v) is 3.50. The summed E-state index contributed by atoms with van der Waals surface area (Å²) in [6.07, 6.45) is 1.67. The molecule has 1 unspecified atom stereocenters. The highest BCUT2D eigenvalue weighted by atomic mass is 35.5. The highest BCUT2D eigenvalue weighted by Gasteiger charge is 2.13. The van der Waals surface area contributed by atoms with Gasteiger partial charge in [0.25, 0.3) is 0 Å². The van der Waals surface area contributed by atoms with Gasteiger partial charge in [-0.2, -0.15) is 0 Å². The number of benzene rings is 1. The van der Waals surface area contributed by atoms with Crippen LogP contribution >= 0.6 is 22.9 Å². The highest BCUT2D eigenvalue weighted by molar-refractivity contribution is 7.09. The van der Waals surface area contributed by atoms with E-state index in [1.165, 1.54) is 0 Å². The maximum atomic E-state index is 10.0. The number of thiazole rings is 1. The predicted molar refractivity (Wildman–Crippen MR) is 67.0 cm³/mol. The van der Waals surface area contributed by atoms with E-state index >= 15 is 0 Å². The predicted octanol–water partition coefficient (Wildman–Crippen LogP) is 3.38. The van der Waals surface area contributed by atoms with Crippen molar-refractivity contribution >= 4 is 22.9 Å². The van der Waals surface area contributed by atoms with Gasteiger partial charge in [0.1, 0.15) is 0 Å². The number of nitrogens with zero attached hydrogens (tertiary/aromatic N) is 1. The Hall–Kier alpha value is -0.900. The lowest BCUT2D eigenvalue weighted by Crippen LogP contribution is -2.02. The normalized spacial score (nSPS) is 12.7. The van der Waals surface area contributed by atoms with Crippen LogP contribution in [0.4, 0.5) is 0 Å². The van der Waals surface area contributed by atoms with E-state index in [2.05, 4.69) is 4.98 Å². The molecule has 0 spiro atoms. The molecule has 2 rings (SSSR count). The van der Waals surface area contributed by atoms with Crippen LogP contribution in [0.3, 0.4) is 0 Å². The van der Waals surface area contributed by atoms with Crippen LogP contribution < -0.4 is 0 Å². The summed E-state index contributed by atoms with van der Waals surface area (Å²) in [6.45, 7) is 1.98. The molecule has 84 valence electrons. The third kappa shape index (κ3) is 2.61. The largest absolute Gasteiger partial charge is 0.388 e. The topological polar surface area (TPSA) is 33.1 Å². The van der Waals surface area contributed by atoms with E-state index in [9.17, 15) is 5.11 Å². The molecule has 2 nitrogen and oxygen atoms in total. The number of aliphatic hydroxyl groups excluding tert-OH is 1. The molecule has 4 heteroatoms. The van der Waals surface area contributed by atoms with Crippen LogP contribution in [0.5, 0.6) is 0 Å². The van der Waals surface area contributed by atoms with Crippen molar-refractivity contribution in [3.63, 3.8) is 0 Å². The Bertz CT molecular complexity index is 470. The number of aromatic nitrogens is 1. The number of halogens is 1. The molecule has 0 aliphatic heterocycles. The van der Waals surface area contributed by atoms with Crippen molar-refractivity contribution in [2.45, 2.75) is 19.4 Å². The molecule has 1 atom stereocenters. The van der Waals surface area contributed by atoms with E-state index in [0.717, 1.165) is 16.1 Å². The molecule has 0 aliphatic carbocycles. The second-order valence-electron chi connectivity index (χ2n) is 3.67. The second kappa shape index (κ2) is 4.95. The first-order chi connectivity index (χ1) is 7.66. The van der Waals surface area contributed by atoms with Gasteiger partial charge in [-0.3, -0.25) is 0 Å². The first kappa shape index (κ1) is 11.6. The monoisotopic (exact) mass is 253 g/mol. The molecule has 0 saturated carbocycles. The smallest absolute Gasteiger partial charge is 0.0954 e. The van der Waals surface area contributed by atoms with E-state index in [0.29, 0.717) is 11.4 Å². The second-order valence-corrected chi connectivity index (χ2v) is 5.06. The van der Waals surface area contributed by atoms with Crippen molar-refractivity contribution < 1.29 is 5.11 Å². The van der Waals surface area contributed by atoms with Crippen molar-refractivity contribution in [2.24, 2.45) is 0 Å². The Morgan fingerprint density at radius 2 is 2.31 bits per heavy atom. The Morgan fingerprint density at radius 3 is 2.94 bits per heavy atom. The van der Waals surface area contributed by atoms with Gasteiger partial charge in [-0.15, -0.1) is 11.3 Å². The summed E-state index contributed by atoms with van der Waals surface area (Å²) >= 11 is 7.63. The summed E-state index contributed by atoms with van der Waals surface area (Å²) in [5.74, 6) is 0. The van der Waals surface area contributed by atoms with Gasteiger partial charge in [0.15, 0.2) is 0 Å². The molecule has 0 amide bonds. The highest BCUT2D eigenvalue weighted by Crippen LogP contribution is 2.27. The molecule has 0 bridgehead atoms. The number of hydrogen-bond donors (Lipinski definition) is 1. The van der Waals surface area contributed by atoms with Crippen LogP contribution in [-0.4, -0.2) is 10.1 Å². The van der Waals surface area contributed by atoms with Crippen LogP contribution in [0.2, 0.25) is 5.02 Å². The first-order valence-electron chi connectivity index (χ1n) is 4.99. The summed E-state index contributed by atoms with van der Waals surface area (Å²) < 4.78 is 0. The maximum absolute atomic E-state index is 10.0. The summed E-state index contributed by atoms with van der Waals surface area (Å²) in [4.78, 5) is 4.14. The van der Waals surface area contributed by atoms with E-state index in [1.807, 2.05) is 30.5 Å². The lowest BCUT2D eigenvalue weighted by molar-refractivity contribution is 0.178. The molecule has 0 aliphatic rings. The Kier molecular flexibility index (Phi) is 3.59. The number of aliphatic hydroxyl groups is 1. The minimum absolute atomic E-state index is 0.514. The SMILES string of the molecule is Cc1ccc(C(O)Cc2nccs2)c(Cl)c1. The summed E-state index contributed by atoms with van der Waals surface area (Å²) in [6, 6.07) is 5.68. The number of aryl methyl sites for hydroxylation is 1. The molecule has 0 saturated heterocycles. The van der Waals surface area contributed by atoms with E-state index in [1.54, 1.807) is 17.5 Å². The van der Waals surface area contributed by atoms with Crippen LogP contribution in [0.1, 0.15) is 22.2 Å². The molecule has 1 aromatic carbocycles. The molecule has 0 radical (unpaired) electrons. The number of rotatable bonds is 3. The maximum Gasteiger partial charge on any atom is 0.0954 e. The fraction of sp³-hybridized carbons (Fsp3) is 0.250. The molecular weight excluding hydrogens is 242 g/mol. The van der Waals surface area contributed by atoms with E-state index < -0.39 is 6.10 Å². The fourth-order valence-corrected chi connectivity index (χ4v) is 2.55. The summed E-state index contributed by atoms with van der Waals surface area (Å²) in [5, 5.41) is 13.5. The Labute approximate surface area is 104 Å². The Morgan fingerprint density at radius 1 is 1.50 bits per heavy atom. The van der Waals surface area contributed by atoms with Crippen molar-refractivity contribution in [1.29, 1.82) is 0 Å². The average Bonchev–Trinajstić information content (AvgIpc) is 2.70. The fourth-order valence-electron chi connectivity index (χ4n) is 1.53. The quantitative estimate of drug-likeness (QED) is 0.910. The number of hydrogen-bond acceptors (Lipinski definition) is 3. The van der Waals surface area contributed by atoms with Gasteiger partial charge in [-0.25, -0.2) is 4.98 Å². The van der Waals surface area contributed by atoms with Gasteiger partial charge in [-0.1, -0.05) is 23.7 Å². The lowest BCUT2D eigenvalue weighted by atomic mass is 10.1. The minimum atomic E-state index is -0.584. The van der Waals surface area contributed by atoms with Gasteiger partial charge in [0, 0.05) is 23.0 Å². The van der Waals surface area contributed by atoms with Crippen molar-refractivity contribution in [3.8, 4) is 0 Å². The van der Waals surface area contributed by atoms with Crippen LogP contribution in [0.15, 0.2) is 29.8 Å². The van der Waals surface area contributed by atoms with Gasteiger partial charge in [-0.05, 0) is 24.1 Å². The van der Waals surface area contributed by atoms with Crippen LogP contribution in [0.25, 0.3) is 0 Å². The van der Waals surface area contributed by atoms with Crippen molar-refractivity contribution in [2.75, 3.05) is 0 Å². The van der Waals surface area contributed by atoms with Crippen LogP contribution in [-0.2, 0) is 6.42 Å². The third-order valence-electron chi connectivity index (χ3n) is 2.37. The van der Waals surface area contributed by atoms with Gasteiger partial charge >= 0.3 is 0 Å². The first-order valence-corrected chi connectivity index (χ1v) is 6.25. The lowest BCUT2D eigenvalue weighted by Gasteiger charge is -2.11. The molecule has 16 heavy (non-hydrogen) atoms. The molecular formula is C12H12ClNOS. The van der Waals surface area contributed by atoms with E-state index in [4.69, 9.17) is 11.6 Å². The zero-order valence-electron chi connectivity index (χ0n) is 8.85. The van der Waals surface area contributed by atoms with Crippen molar-refractivity contribution in [1.82, 2.24) is 4.98 Å². The van der Waals surface area contributed by atoms with Gasteiger partial charge in [0.05, 0.1) is 11.1 Å². The molecule has 1 aromatic heterocycles. The zero-order valence-corrected chi connectivity index (χ0v) is 10.4. The molecule has 2 aromatic rings. The molecule has 1 N–H and O–H groups in total. The van der Waals surface area contributed by atoms with Gasteiger partial charge < -0.3 is 5.11 Å².